The fourth-order valence-corrected chi connectivity index (χ4v) is 2.88. The number of hydrogen-bond acceptors (Lipinski definition) is 1. The molecule has 0 radical (unpaired) electrons. The first-order valence-corrected chi connectivity index (χ1v) is 8.18. The Labute approximate surface area is 142 Å². The van der Waals surface area contributed by atoms with Gasteiger partial charge in [0.15, 0.2) is 0 Å². The highest BCUT2D eigenvalue weighted by molar-refractivity contribution is 5.77. The van der Waals surface area contributed by atoms with E-state index in [0.29, 0.717) is 0 Å². The van der Waals surface area contributed by atoms with Crippen LogP contribution in [0.3, 0.4) is 0 Å². The summed E-state index contributed by atoms with van der Waals surface area (Å²) in [5, 5.41) is 0. The van der Waals surface area contributed by atoms with Crippen molar-refractivity contribution in [2.45, 2.75) is 6.42 Å². The summed E-state index contributed by atoms with van der Waals surface area (Å²) in [6.45, 7) is 0. The molecule has 0 unspecified atom stereocenters. The van der Waals surface area contributed by atoms with Crippen molar-refractivity contribution in [1.82, 2.24) is 0 Å². The van der Waals surface area contributed by atoms with E-state index >= 15 is 0 Å². The Balaban J connectivity index is 1.75. The lowest BCUT2D eigenvalue weighted by Gasteiger charge is -2.19. The van der Waals surface area contributed by atoms with Gasteiger partial charge in [0.05, 0.1) is 0 Å². The Morgan fingerprint density at radius 2 is 1.33 bits per heavy atom. The van der Waals surface area contributed by atoms with Crippen LogP contribution in [0.2, 0.25) is 0 Å². The quantitative estimate of drug-likeness (QED) is 0.684. The monoisotopic (exact) mass is 310 g/mol. The van der Waals surface area contributed by atoms with E-state index in [1.54, 1.807) is 0 Å². The highest BCUT2D eigenvalue weighted by Gasteiger charge is 2.15. The molecule has 24 heavy (non-hydrogen) atoms. The van der Waals surface area contributed by atoms with Crippen LogP contribution in [-0.2, 0) is 4.74 Å². The minimum absolute atomic E-state index is 0.884. The third-order valence-corrected chi connectivity index (χ3v) is 4.08. The summed E-state index contributed by atoms with van der Waals surface area (Å²) in [6.07, 6.45) is 13.9. The molecule has 2 aromatic rings. The van der Waals surface area contributed by atoms with Crippen LogP contribution < -0.4 is 0 Å². The molecule has 116 valence electrons. The standard InChI is InChI=1S/C23H18O/c1-3-11-20(12-4-1)22-16-19(15-18-9-7-8-10-18)17-23(24-22)21-13-5-2-6-14-21/h1-9,11-17H,10H2. The molecular weight excluding hydrogens is 292 g/mol. The Bertz CT molecular complexity index is 821. The van der Waals surface area contributed by atoms with Crippen LogP contribution in [0.15, 0.2) is 108 Å². The van der Waals surface area contributed by atoms with E-state index in [-0.39, 0.29) is 0 Å². The van der Waals surface area contributed by atoms with E-state index in [1.807, 2.05) is 36.4 Å². The Hall–Kier alpha value is -3.06. The van der Waals surface area contributed by atoms with Crippen molar-refractivity contribution in [3.8, 4) is 0 Å². The maximum absolute atomic E-state index is 6.20. The molecule has 0 bridgehead atoms. The summed E-state index contributed by atoms with van der Waals surface area (Å²) in [5.41, 5.74) is 4.65. The zero-order valence-electron chi connectivity index (χ0n) is 13.4. The first-order valence-electron chi connectivity index (χ1n) is 8.18. The highest BCUT2D eigenvalue weighted by Crippen LogP contribution is 2.32. The summed E-state index contributed by atoms with van der Waals surface area (Å²) in [6, 6.07) is 20.5. The van der Waals surface area contributed by atoms with Crippen LogP contribution in [0.1, 0.15) is 17.5 Å². The minimum Gasteiger partial charge on any atom is -0.456 e. The van der Waals surface area contributed by atoms with Crippen LogP contribution >= 0.6 is 0 Å². The van der Waals surface area contributed by atoms with E-state index in [9.17, 15) is 0 Å². The Morgan fingerprint density at radius 1 is 0.750 bits per heavy atom. The van der Waals surface area contributed by atoms with Gasteiger partial charge in [-0.1, -0.05) is 85.0 Å². The van der Waals surface area contributed by atoms with E-state index < -0.39 is 0 Å². The molecule has 0 saturated carbocycles. The normalized spacial score (nSPS) is 16.2. The lowest BCUT2D eigenvalue weighted by molar-refractivity contribution is 0.467. The predicted molar refractivity (Wildman–Crippen MR) is 99.8 cm³/mol. The van der Waals surface area contributed by atoms with Crippen molar-refractivity contribution < 1.29 is 4.74 Å². The maximum Gasteiger partial charge on any atom is 0.135 e. The van der Waals surface area contributed by atoms with E-state index in [4.69, 9.17) is 4.74 Å². The third-order valence-electron chi connectivity index (χ3n) is 4.08. The number of hydrogen-bond donors (Lipinski definition) is 0. The summed E-state index contributed by atoms with van der Waals surface area (Å²) < 4.78 is 6.20. The van der Waals surface area contributed by atoms with Gasteiger partial charge in [0.1, 0.15) is 11.5 Å². The molecule has 0 aromatic heterocycles. The van der Waals surface area contributed by atoms with Gasteiger partial charge in [0.25, 0.3) is 0 Å². The minimum atomic E-state index is 0.884. The van der Waals surface area contributed by atoms with Gasteiger partial charge in [0, 0.05) is 11.1 Å². The second kappa shape index (κ2) is 6.59. The van der Waals surface area contributed by atoms with Crippen molar-refractivity contribution in [3.05, 3.63) is 119 Å². The molecule has 4 rings (SSSR count). The van der Waals surface area contributed by atoms with Gasteiger partial charge in [-0.05, 0) is 29.7 Å². The molecular formula is C23H18O. The Kier molecular flexibility index (Phi) is 3.99. The van der Waals surface area contributed by atoms with Crippen molar-refractivity contribution in [2.75, 3.05) is 0 Å². The van der Waals surface area contributed by atoms with Crippen molar-refractivity contribution in [2.24, 2.45) is 0 Å². The lowest BCUT2D eigenvalue weighted by atomic mass is 10.0. The fourth-order valence-electron chi connectivity index (χ4n) is 2.88. The molecule has 0 atom stereocenters. The van der Waals surface area contributed by atoms with Crippen molar-refractivity contribution >= 4 is 11.5 Å². The van der Waals surface area contributed by atoms with Gasteiger partial charge in [-0.3, -0.25) is 0 Å². The highest BCUT2D eigenvalue weighted by atomic mass is 16.5. The van der Waals surface area contributed by atoms with Gasteiger partial charge in [-0.25, -0.2) is 0 Å². The first kappa shape index (κ1) is 14.5. The average molecular weight is 310 g/mol. The number of ether oxygens (including phenoxy) is 1. The molecule has 1 heterocycles. The first-order chi connectivity index (χ1) is 11.9. The largest absolute Gasteiger partial charge is 0.456 e. The maximum atomic E-state index is 6.20. The molecule has 0 spiro atoms. The molecule has 1 aliphatic heterocycles. The lowest BCUT2D eigenvalue weighted by Crippen LogP contribution is -1.99. The van der Waals surface area contributed by atoms with Crippen molar-refractivity contribution in [1.29, 1.82) is 0 Å². The predicted octanol–water partition coefficient (Wildman–Crippen LogP) is 5.91. The number of allylic oxidation sites excluding steroid dienone is 8. The van der Waals surface area contributed by atoms with E-state index in [1.165, 1.54) is 5.57 Å². The molecule has 1 heteroatoms. The average Bonchev–Trinajstić information content (AvgIpc) is 3.16. The van der Waals surface area contributed by atoms with E-state index in [0.717, 1.165) is 34.6 Å². The SMILES string of the molecule is C1=CCC(C=C2C=C(c3ccccc3)OC(c3ccccc3)=C2)=C1. The molecule has 1 aliphatic carbocycles. The third kappa shape index (κ3) is 3.16. The molecule has 1 nitrogen and oxygen atoms in total. The number of benzene rings is 2. The zero-order chi connectivity index (χ0) is 16.2. The molecule has 2 aromatic carbocycles. The van der Waals surface area contributed by atoms with Crippen LogP contribution in [0.25, 0.3) is 11.5 Å². The molecule has 0 saturated heterocycles. The second-order valence-electron chi connectivity index (χ2n) is 5.87. The van der Waals surface area contributed by atoms with Gasteiger partial charge in [0.2, 0.25) is 0 Å². The second-order valence-corrected chi connectivity index (χ2v) is 5.87. The van der Waals surface area contributed by atoms with Gasteiger partial charge >= 0.3 is 0 Å². The van der Waals surface area contributed by atoms with Crippen molar-refractivity contribution in [3.63, 3.8) is 0 Å². The Morgan fingerprint density at radius 3 is 1.83 bits per heavy atom. The van der Waals surface area contributed by atoms with Gasteiger partial charge in [-0.2, -0.15) is 0 Å². The van der Waals surface area contributed by atoms with Gasteiger partial charge in [-0.15, -0.1) is 0 Å². The smallest absolute Gasteiger partial charge is 0.135 e. The number of rotatable bonds is 3. The van der Waals surface area contributed by atoms with Gasteiger partial charge < -0.3 is 4.74 Å². The molecule has 0 amide bonds. The molecule has 0 fully saturated rings. The van der Waals surface area contributed by atoms with E-state index in [2.05, 4.69) is 60.7 Å². The summed E-state index contributed by atoms with van der Waals surface area (Å²) in [4.78, 5) is 0. The fraction of sp³-hybridized carbons (Fsp3) is 0.0435. The van der Waals surface area contributed by atoms with Crippen LogP contribution in [-0.4, -0.2) is 0 Å². The zero-order valence-corrected chi connectivity index (χ0v) is 13.4. The summed E-state index contributed by atoms with van der Waals surface area (Å²) in [5.74, 6) is 1.77. The van der Waals surface area contributed by atoms with Crippen LogP contribution in [0.5, 0.6) is 0 Å². The topological polar surface area (TPSA) is 9.23 Å². The van der Waals surface area contributed by atoms with Crippen LogP contribution in [0.4, 0.5) is 0 Å². The molecule has 0 N–H and O–H groups in total. The summed E-state index contributed by atoms with van der Waals surface area (Å²) in [7, 11) is 0. The summed E-state index contributed by atoms with van der Waals surface area (Å²) >= 11 is 0. The molecule has 2 aliphatic rings. The van der Waals surface area contributed by atoms with Crippen LogP contribution in [0, 0.1) is 0 Å².